The van der Waals surface area contributed by atoms with Crippen LogP contribution < -0.4 is 0 Å². The zero-order valence-electron chi connectivity index (χ0n) is 10.5. The summed E-state index contributed by atoms with van der Waals surface area (Å²) in [7, 11) is 0. The van der Waals surface area contributed by atoms with E-state index < -0.39 is 5.97 Å². The van der Waals surface area contributed by atoms with Crippen LogP contribution in [0.5, 0.6) is 0 Å². The molecule has 19 heavy (non-hydrogen) atoms. The molecule has 0 unspecified atom stereocenters. The van der Waals surface area contributed by atoms with Gasteiger partial charge in [0.15, 0.2) is 5.69 Å². The van der Waals surface area contributed by atoms with Crippen molar-refractivity contribution < 1.29 is 14.3 Å². The Morgan fingerprint density at radius 2 is 2.21 bits per heavy atom. The summed E-state index contributed by atoms with van der Waals surface area (Å²) in [5.41, 5.74) is 3.36. The van der Waals surface area contributed by atoms with Crippen molar-refractivity contribution in [2.24, 2.45) is 0 Å². The first-order valence-corrected chi connectivity index (χ1v) is 6.18. The summed E-state index contributed by atoms with van der Waals surface area (Å²) in [6.07, 6.45) is 2.50. The number of carboxylic acids is 1. The Labute approximate surface area is 109 Å². The minimum absolute atomic E-state index is 0.122. The number of benzene rings is 1. The summed E-state index contributed by atoms with van der Waals surface area (Å²) in [5.74, 6) is -1.31. The lowest BCUT2D eigenvalue weighted by Crippen LogP contribution is -2.06. The van der Waals surface area contributed by atoms with Gasteiger partial charge in [-0.05, 0) is 49.9 Å². The van der Waals surface area contributed by atoms with Crippen molar-refractivity contribution in [2.45, 2.75) is 26.2 Å². The molecule has 0 amide bonds. The number of halogens is 1. The third-order valence-corrected chi connectivity index (χ3v) is 3.52. The highest BCUT2D eigenvalue weighted by atomic mass is 19.1. The van der Waals surface area contributed by atoms with Crippen LogP contribution in [0.2, 0.25) is 0 Å². The van der Waals surface area contributed by atoms with E-state index in [0.717, 1.165) is 41.8 Å². The van der Waals surface area contributed by atoms with Crippen LogP contribution in [0.4, 0.5) is 4.39 Å². The van der Waals surface area contributed by atoms with Gasteiger partial charge < -0.3 is 5.11 Å². The molecule has 1 aromatic carbocycles. The summed E-state index contributed by atoms with van der Waals surface area (Å²) in [6, 6.07) is 4.44. The minimum atomic E-state index is -1.00. The van der Waals surface area contributed by atoms with E-state index in [1.807, 2.05) is 0 Å². The molecule has 2 aromatic rings. The highest BCUT2D eigenvalue weighted by Gasteiger charge is 2.27. The number of hydrogen-bond donors (Lipinski definition) is 1. The fraction of sp³-hybridized carbons (Fsp3) is 0.286. The fourth-order valence-corrected chi connectivity index (χ4v) is 2.66. The Balaban J connectivity index is 2.21. The zero-order chi connectivity index (χ0) is 13.6. The van der Waals surface area contributed by atoms with Gasteiger partial charge in [-0.15, -0.1) is 0 Å². The average Bonchev–Trinajstić information content (AvgIpc) is 2.90. The Kier molecular flexibility index (Phi) is 2.62. The maximum absolute atomic E-state index is 13.1. The molecule has 0 saturated carbocycles. The molecule has 1 aliphatic rings. The molecule has 5 heteroatoms. The van der Waals surface area contributed by atoms with Crippen molar-refractivity contribution in [3.63, 3.8) is 0 Å². The quantitative estimate of drug-likeness (QED) is 0.902. The monoisotopic (exact) mass is 260 g/mol. The third kappa shape index (κ3) is 1.82. The molecule has 98 valence electrons. The van der Waals surface area contributed by atoms with E-state index in [1.54, 1.807) is 17.7 Å². The largest absolute Gasteiger partial charge is 0.476 e. The number of rotatable bonds is 2. The van der Waals surface area contributed by atoms with Crippen molar-refractivity contribution in [3.8, 4) is 5.69 Å². The van der Waals surface area contributed by atoms with Gasteiger partial charge in [-0.25, -0.2) is 13.9 Å². The summed E-state index contributed by atoms with van der Waals surface area (Å²) in [6.45, 7) is 1.79. The molecule has 0 spiro atoms. The van der Waals surface area contributed by atoms with Crippen LogP contribution >= 0.6 is 0 Å². The van der Waals surface area contributed by atoms with Gasteiger partial charge >= 0.3 is 5.97 Å². The van der Waals surface area contributed by atoms with Gasteiger partial charge in [0.2, 0.25) is 0 Å². The predicted octanol–water partition coefficient (Wildman–Crippen LogP) is 2.51. The zero-order valence-corrected chi connectivity index (χ0v) is 10.5. The molecule has 1 N–H and O–H groups in total. The van der Waals surface area contributed by atoms with Gasteiger partial charge in [0.05, 0.1) is 5.69 Å². The van der Waals surface area contributed by atoms with Crippen molar-refractivity contribution in [1.82, 2.24) is 9.78 Å². The lowest BCUT2D eigenvalue weighted by atomic mass is 10.2. The molecule has 4 nitrogen and oxygen atoms in total. The molecule has 0 atom stereocenters. The predicted molar refractivity (Wildman–Crippen MR) is 67.2 cm³/mol. The number of aromatic nitrogens is 2. The molecular formula is C14H13FN2O2. The summed E-state index contributed by atoms with van der Waals surface area (Å²) >= 11 is 0. The number of carboxylic acid groups (broad SMARTS) is 1. The van der Waals surface area contributed by atoms with Gasteiger partial charge in [-0.3, -0.25) is 0 Å². The normalized spacial score (nSPS) is 13.6. The molecule has 0 aliphatic heterocycles. The molecule has 0 bridgehead atoms. The maximum Gasteiger partial charge on any atom is 0.356 e. The molecule has 0 radical (unpaired) electrons. The number of fused-ring (bicyclic) bond motifs is 1. The van der Waals surface area contributed by atoms with Gasteiger partial charge in [-0.2, -0.15) is 5.10 Å². The number of nitrogens with zero attached hydrogens (tertiary/aromatic N) is 2. The van der Waals surface area contributed by atoms with Crippen LogP contribution in [0.1, 0.15) is 33.7 Å². The standard InChI is InChI=1S/C14H13FN2O2/c1-8-7-9(15)5-6-11(8)17-12-4-2-3-10(12)13(16-17)14(18)19/h5-7H,2-4H2,1H3,(H,18,19). The maximum atomic E-state index is 13.1. The summed E-state index contributed by atoms with van der Waals surface area (Å²) in [4.78, 5) is 11.2. The summed E-state index contributed by atoms with van der Waals surface area (Å²) in [5, 5.41) is 13.4. The second-order valence-corrected chi connectivity index (χ2v) is 4.78. The highest BCUT2D eigenvalue weighted by molar-refractivity contribution is 5.87. The first-order chi connectivity index (χ1) is 9.08. The van der Waals surface area contributed by atoms with Crippen LogP contribution in [0, 0.1) is 12.7 Å². The van der Waals surface area contributed by atoms with Crippen molar-refractivity contribution in [3.05, 3.63) is 46.5 Å². The van der Waals surface area contributed by atoms with E-state index in [9.17, 15) is 14.3 Å². The van der Waals surface area contributed by atoms with Crippen LogP contribution in [0.25, 0.3) is 5.69 Å². The van der Waals surface area contributed by atoms with Crippen LogP contribution in [-0.2, 0) is 12.8 Å². The van der Waals surface area contributed by atoms with E-state index in [4.69, 9.17) is 0 Å². The van der Waals surface area contributed by atoms with Crippen molar-refractivity contribution in [2.75, 3.05) is 0 Å². The molecule has 1 aromatic heterocycles. The van der Waals surface area contributed by atoms with E-state index in [2.05, 4.69) is 5.10 Å². The van der Waals surface area contributed by atoms with Crippen LogP contribution in [-0.4, -0.2) is 20.9 Å². The Morgan fingerprint density at radius 3 is 2.89 bits per heavy atom. The molecule has 3 rings (SSSR count). The second-order valence-electron chi connectivity index (χ2n) is 4.78. The SMILES string of the molecule is Cc1cc(F)ccc1-n1nc(C(=O)O)c2c1CCC2. The smallest absolute Gasteiger partial charge is 0.356 e. The lowest BCUT2D eigenvalue weighted by molar-refractivity contribution is 0.0689. The van der Waals surface area contributed by atoms with Gasteiger partial charge in [0, 0.05) is 11.3 Å². The van der Waals surface area contributed by atoms with Gasteiger partial charge in [-0.1, -0.05) is 0 Å². The van der Waals surface area contributed by atoms with Crippen LogP contribution in [0.3, 0.4) is 0 Å². The second kappa shape index (κ2) is 4.19. The summed E-state index contributed by atoms with van der Waals surface area (Å²) < 4.78 is 14.8. The minimum Gasteiger partial charge on any atom is -0.476 e. The first kappa shape index (κ1) is 11.9. The third-order valence-electron chi connectivity index (χ3n) is 3.52. The van der Waals surface area contributed by atoms with E-state index in [0.29, 0.717) is 0 Å². The highest BCUT2D eigenvalue weighted by Crippen LogP contribution is 2.28. The van der Waals surface area contributed by atoms with Crippen LogP contribution in [0.15, 0.2) is 18.2 Å². The topological polar surface area (TPSA) is 55.1 Å². The first-order valence-electron chi connectivity index (χ1n) is 6.18. The number of hydrogen-bond acceptors (Lipinski definition) is 2. The Morgan fingerprint density at radius 1 is 1.42 bits per heavy atom. The van der Waals surface area contributed by atoms with Crippen molar-refractivity contribution >= 4 is 5.97 Å². The molecular weight excluding hydrogens is 247 g/mol. The number of aryl methyl sites for hydroxylation is 1. The molecule has 1 aliphatic carbocycles. The van der Waals surface area contributed by atoms with Gasteiger partial charge in [0.25, 0.3) is 0 Å². The fourth-order valence-electron chi connectivity index (χ4n) is 2.66. The van der Waals surface area contributed by atoms with Gasteiger partial charge in [0.1, 0.15) is 5.82 Å². The van der Waals surface area contributed by atoms with Crippen molar-refractivity contribution in [1.29, 1.82) is 0 Å². The Bertz CT molecular complexity index is 676. The number of aromatic carboxylic acids is 1. The Hall–Kier alpha value is -2.17. The molecule has 1 heterocycles. The molecule has 0 fully saturated rings. The van der Waals surface area contributed by atoms with E-state index in [1.165, 1.54) is 12.1 Å². The van der Waals surface area contributed by atoms with E-state index in [-0.39, 0.29) is 11.5 Å². The lowest BCUT2D eigenvalue weighted by Gasteiger charge is -2.08. The average molecular weight is 260 g/mol. The molecule has 0 saturated heterocycles. The van der Waals surface area contributed by atoms with E-state index >= 15 is 0 Å². The number of carbonyl (C=O) groups is 1.